The molecule has 0 heterocycles. The molecule has 2 aromatic carbocycles. The molecule has 21 heavy (non-hydrogen) atoms. The van der Waals surface area contributed by atoms with Gasteiger partial charge in [0.05, 0.1) is 17.7 Å². The molecule has 2 rings (SSSR count). The molecule has 6 heteroatoms. The summed E-state index contributed by atoms with van der Waals surface area (Å²) in [5, 5.41) is 0.127. The number of halogens is 3. The molecule has 0 radical (unpaired) electrons. The molecule has 0 saturated heterocycles. The summed E-state index contributed by atoms with van der Waals surface area (Å²) >= 11 is 5.81. The van der Waals surface area contributed by atoms with Gasteiger partial charge in [-0.15, -0.1) is 0 Å². The number of ether oxygens (including phenoxy) is 2. The molecule has 2 aromatic rings. The van der Waals surface area contributed by atoms with E-state index in [1.165, 1.54) is 37.4 Å². The van der Waals surface area contributed by atoms with Crippen LogP contribution in [0.2, 0.25) is 5.02 Å². The Hall–Kier alpha value is -2.14. The quantitative estimate of drug-likeness (QED) is 0.801. The smallest absolute Gasteiger partial charge is 0.340 e. The lowest BCUT2D eigenvalue weighted by Crippen LogP contribution is -2.06. The molecule has 0 aliphatic rings. The summed E-state index contributed by atoms with van der Waals surface area (Å²) in [5.74, 6) is -2.20. The van der Waals surface area contributed by atoms with E-state index in [0.29, 0.717) is 5.56 Å². The van der Waals surface area contributed by atoms with Crippen LogP contribution in [0, 0.1) is 11.6 Å². The zero-order valence-corrected chi connectivity index (χ0v) is 11.8. The van der Waals surface area contributed by atoms with Gasteiger partial charge in [0, 0.05) is 0 Å². The molecule has 0 unspecified atom stereocenters. The highest BCUT2D eigenvalue weighted by Gasteiger charge is 2.13. The average molecular weight is 313 g/mol. The molecule has 0 spiro atoms. The molecular weight excluding hydrogens is 302 g/mol. The normalized spacial score (nSPS) is 10.3. The van der Waals surface area contributed by atoms with Crippen LogP contribution in [0.5, 0.6) is 5.75 Å². The fraction of sp³-hybridized carbons (Fsp3) is 0.133. The van der Waals surface area contributed by atoms with Gasteiger partial charge in [-0.05, 0) is 29.8 Å². The maximum absolute atomic E-state index is 13.7. The van der Waals surface area contributed by atoms with Crippen LogP contribution >= 0.6 is 11.6 Å². The Morgan fingerprint density at radius 3 is 2.57 bits per heavy atom. The van der Waals surface area contributed by atoms with E-state index in [2.05, 4.69) is 4.74 Å². The average Bonchev–Trinajstić information content (AvgIpc) is 2.46. The Bertz CT molecular complexity index is 654. The van der Waals surface area contributed by atoms with Crippen molar-refractivity contribution in [1.82, 2.24) is 0 Å². The lowest BCUT2D eigenvalue weighted by Gasteiger charge is -2.09. The van der Waals surface area contributed by atoms with Crippen molar-refractivity contribution in [2.45, 2.75) is 6.61 Å². The molecule has 0 aromatic heterocycles. The summed E-state index contributed by atoms with van der Waals surface area (Å²) in [6.07, 6.45) is 0. The molecule has 3 nitrogen and oxygen atoms in total. The number of rotatable bonds is 4. The topological polar surface area (TPSA) is 35.5 Å². The van der Waals surface area contributed by atoms with Crippen molar-refractivity contribution in [2.75, 3.05) is 7.11 Å². The maximum atomic E-state index is 13.7. The number of methoxy groups -OCH3 is 1. The van der Waals surface area contributed by atoms with E-state index in [1.807, 2.05) is 0 Å². The molecule has 0 aliphatic heterocycles. The number of para-hydroxylation sites is 1. The number of hydrogen-bond donors (Lipinski definition) is 0. The highest BCUT2D eigenvalue weighted by Crippen LogP contribution is 2.28. The van der Waals surface area contributed by atoms with Crippen molar-refractivity contribution in [3.63, 3.8) is 0 Å². The lowest BCUT2D eigenvalue weighted by atomic mass is 10.1. The summed E-state index contributed by atoms with van der Waals surface area (Å²) in [5.41, 5.74) is 0.254. The zero-order chi connectivity index (χ0) is 15.4. The van der Waals surface area contributed by atoms with E-state index in [0.717, 1.165) is 6.07 Å². The first kappa shape index (κ1) is 15.3. The fourth-order valence-electron chi connectivity index (χ4n) is 1.70. The summed E-state index contributed by atoms with van der Waals surface area (Å²) < 4.78 is 36.9. The predicted molar refractivity (Wildman–Crippen MR) is 73.5 cm³/mol. The third-order valence-electron chi connectivity index (χ3n) is 2.74. The van der Waals surface area contributed by atoms with E-state index < -0.39 is 17.6 Å². The molecule has 0 atom stereocenters. The van der Waals surface area contributed by atoms with Crippen molar-refractivity contribution in [3.05, 3.63) is 64.2 Å². The van der Waals surface area contributed by atoms with Gasteiger partial charge in [-0.25, -0.2) is 13.6 Å². The van der Waals surface area contributed by atoms with Gasteiger partial charge in [-0.1, -0.05) is 23.7 Å². The minimum atomic E-state index is -0.767. The van der Waals surface area contributed by atoms with Gasteiger partial charge in [0.2, 0.25) is 0 Å². The molecule has 0 saturated carbocycles. The summed E-state index contributed by atoms with van der Waals surface area (Å²) in [6.45, 7) is -0.0843. The first-order chi connectivity index (χ1) is 10.0. The third kappa shape index (κ3) is 3.49. The second kappa shape index (κ2) is 6.54. The Morgan fingerprint density at radius 2 is 1.95 bits per heavy atom. The number of hydrogen-bond acceptors (Lipinski definition) is 3. The number of carbonyl (C=O) groups excluding carboxylic acids is 1. The minimum Gasteiger partial charge on any atom is -0.484 e. The van der Waals surface area contributed by atoms with Crippen molar-refractivity contribution < 1.29 is 23.0 Å². The number of benzene rings is 2. The maximum Gasteiger partial charge on any atom is 0.340 e. The SMILES string of the molecule is COC(=O)c1ccc(COc2c(F)cccc2Cl)cc1F. The Morgan fingerprint density at radius 1 is 1.19 bits per heavy atom. The first-order valence-corrected chi connectivity index (χ1v) is 6.34. The Balaban J connectivity index is 2.14. The van der Waals surface area contributed by atoms with E-state index in [4.69, 9.17) is 16.3 Å². The van der Waals surface area contributed by atoms with Crippen LogP contribution < -0.4 is 4.74 Å². The highest BCUT2D eigenvalue weighted by molar-refractivity contribution is 6.32. The van der Waals surface area contributed by atoms with Crippen LogP contribution in [-0.2, 0) is 11.3 Å². The van der Waals surface area contributed by atoms with Crippen molar-refractivity contribution in [3.8, 4) is 5.75 Å². The van der Waals surface area contributed by atoms with E-state index in [-0.39, 0.29) is 22.9 Å². The van der Waals surface area contributed by atoms with Crippen LogP contribution in [0.15, 0.2) is 36.4 Å². The van der Waals surface area contributed by atoms with E-state index >= 15 is 0 Å². The van der Waals surface area contributed by atoms with Gasteiger partial charge in [0.1, 0.15) is 12.4 Å². The summed E-state index contributed by atoms with van der Waals surface area (Å²) in [7, 11) is 1.17. The van der Waals surface area contributed by atoms with Crippen LogP contribution in [-0.4, -0.2) is 13.1 Å². The van der Waals surface area contributed by atoms with Gasteiger partial charge >= 0.3 is 5.97 Å². The molecule has 0 amide bonds. The summed E-state index contributed by atoms with van der Waals surface area (Å²) in [4.78, 5) is 11.3. The standard InChI is InChI=1S/C15H11ClF2O3/c1-20-15(19)10-6-5-9(7-13(10)18)8-21-14-11(16)3-2-4-12(14)17/h2-7H,8H2,1H3. The number of esters is 1. The Kier molecular flexibility index (Phi) is 4.75. The molecule has 0 fully saturated rings. The van der Waals surface area contributed by atoms with Gasteiger partial charge in [0.25, 0.3) is 0 Å². The van der Waals surface area contributed by atoms with Gasteiger partial charge in [0.15, 0.2) is 11.6 Å². The lowest BCUT2D eigenvalue weighted by molar-refractivity contribution is 0.0595. The predicted octanol–water partition coefficient (Wildman–Crippen LogP) is 3.98. The minimum absolute atomic E-state index is 0.0843. The van der Waals surface area contributed by atoms with Crippen molar-refractivity contribution in [1.29, 1.82) is 0 Å². The van der Waals surface area contributed by atoms with Crippen LogP contribution in [0.3, 0.4) is 0 Å². The van der Waals surface area contributed by atoms with Crippen LogP contribution in [0.1, 0.15) is 15.9 Å². The van der Waals surface area contributed by atoms with E-state index in [1.54, 1.807) is 0 Å². The van der Waals surface area contributed by atoms with Gasteiger partial charge < -0.3 is 9.47 Å². The van der Waals surface area contributed by atoms with Gasteiger partial charge in [-0.3, -0.25) is 0 Å². The van der Waals surface area contributed by atoms with Crippen molar-refractivity contribution >= 4 is 17.6 Å². The third-order valence-corrected chi connectivity index (χ3v) is 3.04. The monoisotopic (exact) mass is 312 g/mol. The van der Waals surface area contributed by atoms with Crippen LogP contribution in [0.4, 0.5) is 8.78 Å². The van der Waals surface area contributed by atoms with E-state index in [9.17, 15) is 13.6 Å². The first-order valence-electron chi connectivity index (χ1n) is 5.96. The van der Waals surface area contributed by atoms with Crippen molar-refractivity contribution in [2.24, 2.45) is 0 Å². The Labute approximate surface area is 125 Å². The molecule has 0 bridgehead atoms. The fourth-order valence-corrected chi connectivity index (χ4v) is 1.92. The molecule has 0 aliphatic carbocycles. The largest absolute Gasteiger partial charge is 0.484 e. The molecule has 110 valence electrons. The summed E-state index contributed by atoms with van der Waals surface area (Å²) in [6, 6.07) is 8.05. The van der Waals surface area contributed by atoms with Crippen LogP contribution in [0.25, 0.3) is 0 Å². The highest BCUT2D eigenvalue weighted by atomic mass is 35.5. The second-order valence-corrected chi connectivity index (χ2v) is 4.55. The second-order valence-electron chi connectivity index (χ2n) is 4.15. The zero-order valence-electron chi connectivity index (χ0n) is 11.0. The number of carbonyl (C=O) groups is 1. The molecular formula is C15H11ClF2O3. The van der Waals surface area contributed by atoms with Gasteiger partial charge in [-0.2, -0.15) is 0 Å². The molecule has 0 N–H and O–H groups in total.